The first-order valence-electron chi connectivity index (χ1n) is 7.86. The number of anilines is 3. The molecule has 0 atom stereocenters. The van der Waals surface area contributed by atoms with E-state index in [-0.39, 0.29) is 11.6 Å². The number of carbonyl (C=O) groups excluding carboxylic acids is 1. The first-order chi connectivity index (χ1) is 12.6. The van der Waals surface area contributed by atoms with Crippen LogP contribution in [0.4, 0.5) is 17.1 Å². The van der Waals surface area contributed by atoms with E-state index in [1.165, 1.54) is 0 Å². The number of nitriles is 1. The number of pyridine rings is 1. The topological polar surface area (TPSA) is 77.8 Å². The van der Waals surface area contributed by atoms with Crippen LogP contribution in [0.15, 0.2) is 60.8 Å². The van der Waals surface area contributed by atoms with Gasteiger partial charge >= 0.3 is 0 Å². The number of aromatic nitrogens is 1. The van der Waals surface area contributed by atoms with Crippen molar-refractivity contribution in [3.63, 3.8) is 0 Å². The van der Waals surface area contributed by atoms with E-state index in [1.807, 2.05) is 31.2 Å². The molecule has 0 unspecified atom stereocenters. The SMILES string of the molecule is Cc1c(Cl)cccc1Nc1ccnc(C(=O)Nc2ccc(C#N)cc2)c1. The second kappa shape index (κ2) is 7.68. The van der Waals surface area contributed by atoms with E-state index in [1.54, 1.807) is 42.6 Å². The number of hydrogen-bond acceptors (Lipinski definition) is 4. The fourth-order valence-electron chi connectivity index (χ4n) is 2.35. The van der Waals surface area contributed by atoms with Gasteiger partial charge in [0.05, 0.1) is 11.6 Å². The molecule has 0 saturated carbocycles. The molecule has 0 bridgehead atoms. The molecule has 0 aliphatic heterocycles. The summed E-state index contributed by atoms with van der Waals surface area (Å²) in [7, 11) is 0. The van der Waals surface area contributed by atoms with Crippen molar-refractivity contribution in [1.82, 2.24) is 4.98 Å². The molecule has 3 rings (SSSR count). The van der Waals surface area contributed by atoms with Crippen molar-refractivity contribution in [3.8, 4) is 6.07 Å². The van der Waals surface area contributed by atoms with Crippen LogP contribution in [0, 0.1) is 18.3 Å². The van der Waals surface area contributed by atoms with Gasteiger partial charge in [0.25, 0.3) is 5.91 Å². The summed E-state index contributed by atoms with van der Waals surface area (Å²) in [5.41, 5.74) is 3.93. The Morgan fingerprint density at radius 2 is 1.88 bits per heavy atom. The quantitative estimate of drug-likeness (QED) is 0.691. The molecule has 2 aromatic carbocycles. The summed E-state index contributed by atoms with van der Waals surface area (Å²) in [4.78, 5) is 16.5. The summed E-state index contributed by atoms with van der Waals surface area (Å²) in [6.07, 6.45) is 1.57. The van der Waals surface area contributed by atoms with Crippen molar-refractivity contribution in [2.45, 2.75) is 6.92 Å². The highest BCUT2D eigenvalue weighted by Crippen LogP contribution is 2.26. The Balaban J connectivity index is 1.76. The molecule has 1 amide bonds. The van der Waals surface area contributed by atoms with Crippen LogP contribution in [-0.2, 0) is 0 Å². The van der Waals surface area contributed by atoms with Gasteiger partial charge in [0.1, 0.15) is 5.69 Å². The zero-order valence-corrected chi connectivity index (χ0v) is 14.7. The van der Waals surface area contributed by atoms with Crippen LogP contribution in [0.1, 0.15) is 21.6 Å². The smallest absolute Gasteiger partial charge is 0.274 e. The normalized spacial score (nSPS) is 10.0. The zero-order chi connectivity index (χ0) is 18.5. The summed E-state index contributed by atoms with van der Waals surface area (Å²) >= 11 is 6.14. The molecule has 1 heterocycles. The maximum Gasteiger partial charge on any atom is 0.274 e. The number of nitrogens with zero attached hydrogens (tertiary/aromatic N) is 2. The minimum atomic E-state index is -0.332. The highest BCUT2D eigenvalue weighted by atomic mass is 35.5. The third-order valence-corrected chi connectivity index (χ3v) is 4.22. The van der Waals surface area contributed by atoms with E-state index in [0.717, 1.165) is 16.9 Å². The van der Waals surface area contributed by atoms with Crippen LogP contribution >= 0.6 is 11.6 Å². The van der Waals surface area contributed by atoms with Gasteiger partial charge in [-0.3, -0.25) is 9.78 Å². The van der Waals surface area contributed by atoms with E-state index >= 15 is 0 Å². The lowest BCUT2D eigenvalue weighted by atomic mass is 10.2. The third kappa shape index (κ3) is 4.00. The molecule has 3 aromatic rings. The van der Waals surface area contributed by atoms with Crippen molar-refractivity contribution in [2.75, 3.05) is 10.6 Å². The summed E-state index contributed by atoms with van der Waals surface area (Å²) < 4.78 is 0. The van der Waals surface area contributed by atoms with Gasteiger partial charge in [-0.2, -0.15) is 5.26 Å². The Labute approximate surface area is 156 Å². The van der Waals surface area contributed by atoms with Gasteiger partial charge in [-0.05, 0) is 61.0 Å². The van der Waals surface area contributed by atoms with Crippen molar-refractivity contribution in [3.05, 3.63) is 82.6 Å². The van der Waals surface area contributed by atoms with Crippen molar-refractivity contribution in [1.29, 1.82) is 5.26 Å². The van der Waals surface area contributed by atoms with Crippen LogP contribution in [0.25, 0.3) is 0 Å². The fraction of sp³-hybridized carbons (Fsp3) is 0.0500. The minimum absolute atomic E-state index is 0.277. The molecule has 0 aliphatic rings. The average molecular weight is 363 g/mol. The molecular formula is C20H15ClN4O. The number of amides is 1. The molecule has 1 aromatic heterocycles. The monoisotopic (exact) mass is 362 g/mol. The molecule has 0 fully saturated rings. The highest BCUT2D eigenvalue weighted by Gasteiger charge is 2.10. The molecule has 0 saturated heterocycles. The van der Waals surface area contributed by atoms with Crippen molar-refractivity contribution in [2.24, 2.45) is 0 Å². The predicted octanol–water partition coefficient (Wildman–Crippen LogP) is 4.91. The van der Waals surface area contributed by atoms with Gasteiger partial charge in [0.2, 0.25) is 0 Å². The summed E-state index contributed by atoms with van der Waals surface area (Å²) in [5.74, 6) is -0.332. The molecule has 128 valence electrons. The second-order valence-corrected chi connectivity index (χ2v) is 6.02. The molecule has 0 radical (unpaired) electrons. The lowest BCUT2D eigenvalue weighted by molar-refractivity contribution is 0.102. The Morgan fingerprint density at radius 3 is 2.62 bits per heavy atom. The average Bonchev–Trinajstić information content (AvgIpc) is 2.66. The van der Waals surface area contributed by atoms with E-state index < -0.39 is 0 Å². The lowest BCUT2D eigenvalue weighted by Crippen LogP contribution is -2.13. The van der Waals surface area contributed by atoms with Gasteiger partial charge in [0.15, 0.2) is 0 Å². The van der Waals surface area contributed by atoms with E-state index in [4.69, 9.17) is 16.9 Å². The summed E-state index contributed by atoms with van der Waals surface area (Å²) in [5, 5.41) is 15.5. The standard InChI is InChI=1S/C20H15ClN4O/c1-13-17(21)3-2-4-18(13)24-16-9-10-23-19(11-16)20(26)25-15-7-5-14(12-22)6-8-15/h2-11H,1H3,(H,23,24)(H,25,26). The number of carbonyl (C=O) groups is 1. The maximum atomic E-state index is 12.4. The lowest BCUT2D eigenvalue weighted by Gasteiger charge is -2.11. The number of rotatable bonds is 4. The van der Waals surface area contributed by atoms with Gasteiger partial charge in [-0.25, -0.2) is 0 Å². The van der Waals surface area contributed by atoms with Gasteiger partial charge in [-0.1, -0.05) is 17.7 Å². The zero-order valence-electron chi connectivity index (χ0n) is 14.0. The first-order valence-corrected chi connectivity index (χ1v) is 8.24. The molecule has 0 spiro atoms. The fourth-order valence-corrected chi connectivity index (χ4v) is 2.53. The minimum Gasteiger partial charge on any atom is -0.355 e. The van der Waals surface area contributed by atoms with Gasteiger partial charge in [0, 0.05) is 28.3 Å². The number of benzene rings is 2. The maximum absolute atomic E-state index is 12.4. The van der Waals surface area contributed by atoms with E-state index in [9.17, 15) is 4.79 Å². The summed E-state index contributed by atoms with van der Waals surface area (Å²) in [6, 6.07) is 17.7. The van der Waals surface area contributed by atoms with Gasteiger partial charge < -0.3 is 10.6 Å². The molecule has 5 nitrogen and oxygen atoms in total. The van der Waals surface area contributed by atoms with Crippen LogP contribution < -0.4 is 10.6 Å². The molecule has 6 heteroatoms. The number of halogens is 1. The van der Waals surface area contributed by atoms with Gasteiger partial charge in [-0.15, -0.1) is 0 Å². The Kier molecular flexibility index (Phi) is 5.16. The number of nitrogens with one attached hydrogen (secondary N) is 2. The van der Waals surface area contributed by atoms with Crippen LogP contribution in [0.3, 0.4) is 0 Å². The van der Waals surface area contributed by atoms with Crippen LogP contribution in [-0.4, -0.2) is 10.9 Å². The highest BCUT2D eigenvalue weighted by molar-refractivity contribution is 6.31. The largest absolute Gasteiger partial charge is 0.355 e. The third-order valence-electron chi connectivity index (χ3n) is 3.81. The molecule has 26 heavy (non-hydrogen) atoms. The van der Waals surface area contributed by atoms with E-state index in [0.29, 0.717) is 16.3 Å². The number of hydrogen-bond donors (Lipinski definition) is 2. The molecule has 2 N–H and O–H groups in total. The summed E-state index contributed by atoms with van der Waals surface area (Å²) in [6.45, 7) is 1.92. The Hall–Kier alpha value is -3.36. The molecular weight excluding hydrogens is 348 g/mol. The predicted molar refractivity (Wildman–Crippen MR) is 103 cm³/mol. The van der Waals surface area contributed by atoms with Crippen LogP contribution in [0.5, 0.6) is 0 Å². The molecule has 0 aliphatic carbocycles. The van der Waals surface area contributed by atoms with E-state index in [2.05, 4.69) is 15.6 Å². The Morgan fingerprint density at radius 1 is 1.12 bits per heavy atom. The Bertz CT molecular complexity index is 993. The van der Waals surface area contributed by atoms with Crippen molar-refractivity contribution < 1.29 is 4.79 Å². The first kappa shape index (κ1) is 17.5. The van der Waals surface area contributed by atoms with Crippen LogP contribution in [0.2, 0.25) is 5.02 Å². The van der Waals surface area contributed by atoms with Crippen molar-refractivity contribution >= 4 is 34.6 Å². The second-order valence-electron chi connectivity index (χ2n) is 5.61.